The zero-order valence-electron chi connectivity index (χ0n) is 19.0. The number of hydrogen-bond donors (Lipinski definition) is 3. The molecule has 0 aromatic heterocycles. The second kappa shape index (κ2) is 10.8. The molecule has 1 atom stereocenters. The lowest BCUT2D eigenvalue weighted by molar-refractivity contribution is -0.129. The van der Waals surface area contributed by atoms with Crippen LogP contribution in [0.1, 0.15) is 29.3 Å². The largest absolute Gasteiger partial charge is 0.478 e. The number of amidine groups is 1. The Hall–Kier alpha value is -3.92. The van der Waals surface area contributed by atoms with Crippen LogP contribution in [0.4, 0.5) is 11.4 Å². The zero-order chi connectivity index (χ0) is 24.8. The summed E-state index contributed by atoms with van der Waals surface area (Å²) < 4.78 is 0. The summed E-state index contributed by atoms with van der Waals surface area (Å²) in [6.07, 6.45) is 3.52. The van der Waals surface area contributed by atoms with Crippen molar-refractivity contribution in [3.63, 3.8) is 0 Å². The van der Waals surface area contributed by atoms with E-state index in [4.69, 9.17) is 10.5 Å². The average Bonchev–Trinajstić information content (AvgIpc) is 2.80. The van der Waals surface area contributed by atoms with Crippen molar-refractivity contribution in [3.8, 4) is 0 Å². The molecule has 1 unspecified atom stereocenters. The van der Waals surface area contributed by atoms with E-state index in [1.54, 1.807) is 13.0 Å². The van der Waals surface area contributed by atoms with Gasteiger partial charge in [-0.05, 0) is 55.0 Å². The normalized spacial score (nSPS) is 16.6. The third-order valence-corrected chi connectivity index (χ3v) is 5.98. The first-order valence-corrected chi connectivity index (χ1v) is 11.2. The number of allylic oxidation sites excluding steroid dienone is 1. The number of carbonyl (C=O) groups is 3. The minimum absolute atomic E-state index is 0.102. The van der Waals surface area contributed by atoms with Crippen molar-refractivity contribution in [2.45, 2.75) is 18.6 Å². The molecule has 0 bridgehead atoms. The van der Waals surface area contributed by atoms with Gasteiger partial charge in [-0.3, -0.25) is 15.0 Å². The average molecular weight is 480 g/mol. The molecule has 0 saturated carbocycles. The van der Waals surface area contributed by atoms with Crippen LogP contribution in [0, 0.1) is 5.41 Å². The molecule has 1 aliphatic rings. The molecule has 0 spiro atoms. The van der Waals surface area contributed by atoms with Crippen LogP contribution >= 0.6 is 11.8 Å². The number of hydrogen-bond acceptors (Lipinski definition) is 7. The van der Waals surface area contributed by atoms with E-state index in [0.29, 0.717) is 11.4 Å². The Balaban J connectivity index is 1.60. The fraction of sp³-hybridized carbons (Fsp3) is 0.208. The van der Waals surface area contributed by atoms with E-state index in [-0.39, 0.29) is 17.2 Å². The predicted molar refractivity (Wildman–Crippen MR) is 136 cm³/mol. The van der Waals surface area contributed by atoms with Crippen LogP contribution in [-0.2, 0) is 9.59 Å². The van der Waals surface area contributed by atoms with Gasteiger partial charge in [0.15, 0.2) is 5.17 Å². The van der Waals surface area contributed by atoms with Crippen LogP contribution in [0.2, 0.25) is 0 Å². The molecule has 10 heteroatoms. The highest BCUT2D eigenvalue weighted by molar-refractivity contribution is 8.14. The zero-order valence-corrected chi connectivity index (χ0v) is 19.8. The minimum atomic E-state index is -1.06. The number of aromatic carboxylic acids is 1. The summed E-state index contributed by atoms with van der Waals surface area (Å²) in [6.45, 7) is 1.73. The van der Waals surface area contributed by atoms with Crippen LogP contribution in [0.5, 0.6) is 0 Å². The Morgan fingerprint density at radius 2 is 1.82 bits per heavy atom. The van der Waals surface area contributed by atoms with Crippen LogP contribution in [0.3, 0.4) is 0 Å². The highest BCUT2D eigenvalue weighted by atomic mass is 32.2. The number of anilines is 2. The standard InChI is InChI=1S/C24H25N5O4S/c1-15(4-5-16-6-12-19(13-7-16)28(2)3)27-29-21(30)14-20(34-24(29)25)22(31)26-18-10-8-17(9-11-18)23(32)33/h4-13,20,25H,14H2,1-3H3,(H,26,31)(H,32,33)/b5-4+,25-24?,27-15-. The number of carbonyl (C=O) groups excluding carboxylic acids is 2. The minimum Gasteiger partial charge on any atom is -0.478 e. The Labute approximate surface area is 201 Å². The first kappa shape index (κ1) is 24.7. The lowest BCUT2D eigenvalue weighted by Gasteiger charge is -2.27. The van der Waals surface area contributed by atoms with Crippen molar-refractivity contribution in [1.29, 1.82) is 5.41 Å². The lowest BCUT2D eigenvalue weighted by Crippen LogP contribution is -2.42. The number of thioether (sulfide) groups is 1. The molecule has 1 aliphatic heterocycles. The molecule has 0 radical (unpaired) electrons. The number of benzene rings is 2. The van der Waals surface area contributed by atoms with E-state index in [1.165, 1.54) is 24.3 Å². The van der Waals surface area contributed by atoms with Gasteiger partial charge in [-0.25, -0.2) is 4.79 Å². The molecule has 1 saturated heterocycles. The van der Waals surface area contributed by atoms with Gasteiger partial charge in [0.05, 0.1) is 17.7 Å². The molecule has 1 fully saturated rings. The van der Waals surface area contributed by atoms with E-state index in [9.17, 15) is 14.4 Å². The number of nitrogens with one attached hydrogen (secondary N) is 2. The number of carboxylic acids is 1. The van der Waals surface area contributed by atoms with Crippen LogP contribution in [-0.4, -0.2) is 58.1 Å². The summed E-state index contributed by atoms with van der Waals surface area (Å²) >= 11 is 0.941. The van der Waals surface area contributed by atoms with Crippen LogP contribution in [0.25, 0.3) is 6.08 Å². The van der Waals surface area contributed by atoms with Crippen molar-refractivity contribution in [2.24, 2.45) is 5.10 Å². The SMILES string of the molecule is CC(/C=C/c1ccc(N(C)C)cc1)=N/N1C(=N)SC(C(=O)Nc2ccc(C(=O)O)cc2)CC1=O. The molecule has 3 N–H and O–H groups in total. The molecule has 176 valence electrons. The van der Waals surface area contributed by atoms with Gasteiger partial charge >= 0.3 is 5.97 Å². The maximum absolute atomic E-state index is 12.6. The summed E-state index contributed by atoms with van der Waals surface area (Å²) in [7, 11) is 3.94. The second-order valence-corrected chi connectivity index (χ2v) is 8.95. The maximum Gasteiger partial charge on any atom is 0.335 e. The number of amides is 2. The van der Waals surface area contributed by atoms with E-state index in [0.717, 1.165) is 28.0 Å². The van der Waals surface area contributed by atoms with Gasteiger partial charge in [0.2, 0.25) is 5.91 Å². The number of nitrogens with zero attached hydrogens (tertiary/aromatic N) is 3. The first-order valence-electron chi connectivity index (χ1n) is 10.4. The summed E-state index contributed by atoms with van der Waals surface area (Å²) in [4.78, 5) is 38.1. The number of carboxylic acid groups (broad SMARTS) is 1. The Morgan fingerprint density at radius 1 is 1.18 bits per heavy atom. The van der Waals surface area contributed by atoms with E-state index >= 15 is 0 Å². The lowest BCUT2D eigenvalue weighted by atomic mass is 10.1. The summed E-state index contributed by atoms with van der Waals surface area (Å²) in [5.74, 6) is -1.95. The smallest absolute Gasteiger partial charge is 0.335 e. The predicted octanol–water partition coefficient (Wildman–Crippen LogP) is 3.75. The highest BCUT2D eigenvalue weighted by Gasteiger charge is 2.35. The van der Waals surface area contributed by atoms with Gasteiger partial charge in [0.1, 0.15) is 5.25 Å². The van der Waals surface area contributed by atoms with E-state index < -0.39 is 23.0 Å². The Kier molecular flexibility index (Phi) is 7.85. The van der Waals surface area contributed by atoms with Gasteiger partial charge in [-0.1, -0.05) is 30.0 Å². The molecule has 2 aromatic rings. The van der Waals surface area contributed by atoms with Crippen molar-refractivity contribution >= 4 is 57.9 Å². The molecule has 3 rings (SSSR count). The van der Waals surface area contributed by atoms with Gasteiger partial charge in [0.25, 0.3) is 5.91 Å². The van der Waals surface area contributed by atoms with Gasteiger partial charge in [-0.15, -0.1) is 0 Å². The molecule has 9 nitrogen and oxygen atoms in total. The van der Waals surface area contributed by atoms with Crippen molar-refractivity contribution in [3.05, 3.63) is 65.7 Å². The van der Waals surface area contributed by atoms with Gasteiger partial charge in [-0.2, -0.15) is 10.1 Å². The summed E-state index contributed by atoms with van der Waals surface area (Å²) in [5, 5.41) is 24.1. The summed E-state index contributed by atoms with van der Waals surface area (Å²) in [6, 6.07) is 13.6. The van der Waals surface area contributed by atoms with Crippen molar-refractivity contribution in [1.82, 2.24) is 5.01 Å². The molecular weight excluding hydrogens is 454 g/mol. The monoisotopic (exact) mass is 479 g/mol. The first-order chi connectivity index (χ1) is 16.1. The fourth-order valence-electron chi connectivity index (χ4n) is 3.04. The summed E-state index contributed by atoms with van der Waals surface area (Å²) in [5.41, 5.74) is 3.11. The number of hydrazone groups is 1. The molecule has 2 amide bonds. The Morgan fingerprint density at radius 3 is 2.38 bits per heavy atom. The molecule has 34 heavy (non-hydrogen) atoms. The third kappa shape index (κ3) is 6.32. The third-order valence-electron chi connectivity index (χ3n) is 4.92. The maximum atomic E-state index is 12.6. The quantitative estimate of drug-likeness (QED) is 0.519. The van der Waals surface area contributed by atoms with Gasteiger partial charge in [0, 0.05) is 25.5 Å². The highest BCUT2D eigenvalue weighted by Crippen LogP contribution is 2.27. The van der Waals surface area contributed by atoms with E-state index in [1.807, 2.05) is 49.3 Å². The van der Waals surface area contributed by atoms with Crippen LogP contribution in [0.15, 0.2) is 59.7 Å². The van der Waals surface area contributed by atoms with E-state index in [2.05, 4.69) is 10.4 Å². The molecular formula is C24H25N5O4S. The number of rotatable bonds is 7. The van der Waals surface area contributed by atoms with Crippen molar-refractivity contribution < 1.29 is 19.5 Å². The Bertz CT molecular complexity index is 1140. The fourth-order valence-corrected chi connectivity index (χ4v) is 3.95. The van der Waals surface area contributed by atoms with Crippen LogP contribution < -0.4 is 10.2 Å². The topological polar surface area (TPSA) is 126 Å². The van der Waals surface area contributed by atoms with Crippen molar-refractivity contribution in [2.75, 3.05) is 24.3 Å². The molecule has 1 heterocycles. The van der Waals surface area contributed by atoms with Gasteiger partial charge < -0.3 is 15.3 Å². The second-order valence-electron chi connectivity index (χ2n) is 7.75. The molecule has 2 aromatic carbocycles. The molecule has 0 aliphatic carbocycles.